The number of aromatic nitrogens is 2. The van der Waals surface area contributed by atoms with E-state index in [1.54, 1.807) is 78.9 Å². The van der Waals surface area contributed by atoms with Crippen LogP contribution in [0.25, 0.3) is 16.9 Å². The van der Waals surface area contributed by atoms with Crippen molar-refractivity contribution in [2.75, 3.05) is 9.44 Å². The number of benzene rings is 4. The Hall–Kier alpha value is -5.25. The van der Waals surface area contributed by atoms with E-state index in [1.165, 1.54) is 36.4 Å². The molecular formula is C31H23ClF2N4O7S2. The number of nitrogens with zero attached hydrogens (tertiary/aromatic N) is 2. The lowest BCUT2D eigenvalue weighted by atomic mass is 10.1. The molecule has 2 heterocycles. The van der Waals surface area contributed by atoms with Crippen molar-refractivity contribution in [3.8, 4) is 16.9 Å². The average Bonchev–Trinajstić information content (AvgIpc) is 3.65. The topological polar surface area (TPSA) is 154 Å². The van der Waals surface area contributed by atoms with Crippen LogP contribution in [-0.4, -0.2) is 26.6 Å². The third-order valence-corrected chi connectivity index (χ3v) is 9.31. The second-order valence-electron chi connectivity index (χ2n) is 9.47. The summed E-state index contributed by atoms with van der Waals surface area (Å²) in [7, 11) is -7.89. The number of anilines is 2. The molecule has 0 amide bonds. The molecule has 0 atom stereocenters. The van der Waals surface area contributed by atoms with Gasteiger partial charge in [-0.3, -0.25) is 9.44 Å². The summed E-state index contributed by atoms with van der Waals surface area (Å²) in [6.45, 7) is 0. The molecular weight excluding hydrogens is 678 g/mol. The zero-order chi connectivity index (χ0) is 33.6. The number of hydrogen-bond donors (Lipinski definition) is 2. The average molecular weight is 701 g/mol. The second-order valence-corrected chi connectivity index (χ2v) is 13.3. The van der Waals surface area contributed by atoms with E-state index in [0.717, 1.165) is 10.8 Å². The van der Waals surface area contributed by atoms with Gasteiger partial charge in [0, 0.05) is 10.6 Å². The maximum absolute atomic E-state index is 13.2. The molecule has 6 aromatic rings. The lowest BCUT2D eigenvalue weighted by molar-refractivity contribution is 0.113. The van der Waals surface area contributed by atoms with Crippen molar-refractivity contribution >= 4 is 43.2 Å². The molecule has 16 heteroatoms. The molecule has 0 aliphatic rings. The molecule has 0 fully saturated rings. The Kier molecular flexibility index (Phi) is 9.89. The molecule has 47 heavy (non-hydrogen) atoms. The van der Waals surface area contributed by atoms with Gasteiger partial charge < -0.3 is 8.94 Å². The van der Waals surface area contributed by atoms with Gasteiger partial charge in [-0.15, -0.1) is 0 Å². The minimum Gasteiger partial charge on any atom is -0.414 e. The predicted molar refractivity (Wildman–Crippen MR) is 171 cm³/mol. The van der Waals surface area contributed by atoms with Crippen molar-refractivity contribution in [2.24, 2.45) is 0 Å². The van der Waals surface area contributed by atoms with Gasteiger partial charge in [-0.1, -0.05) is 83.5 Å². The first-order valence-corrected chi connectivity index (χ1v) is 16.8. The van der Waals surface area contributed by atoms with Crippen molar-refractivity contribution < 1.29 is 34.6 Å². The maximum Gasteiger partial charge on any atom is 0.425 e. The Morgan fingerprint density at radius 1 is 0.723 bits per heavy atom. The highest BCUT2D eigenvalue weighted by molar-refractivity contribution is 7.93. The number of alkyl halides is 2. The van der Waals surface area contributed by atoms with E-state index in [2.05, 4.69) is 19.1 Å². The molecule has 0 aliphatic carbocycles. The SMILES string of the molecule is O=S(=O)(Nc1c(-c2ccccc2)noc1C(F)F)c1ccccc1.O=c1occ(NS(=O)(=O)c2ccccc2)n1-c1ccc(Cl)cc1. The van der Waals surface area contributed by atoms with Gasteiger partial charge in [-0.25, -0.2) is 35.0 Å². The molecule has 0 saturated heterocycles. The summed E-state index contributed by atoms with van der Waals surface area (Å²) in [6.07, 6.45) is -1.96. The second kappa shape index (κ2) is 14.0. The van der Waals surface area contributed by atoms with Crippen LogP contribution in [0.5, 0.6) is 0 Å². The molecule has 0 aliphatic heterocycles. The number of halogens is 3. The highest BCUT2D eigenvalue weighted by Gasteiger charge is 2.28. The summed E-state index contributed by atoms with van der Waals surface area (Å²) in [4.78, 5) is 11.9. The third kappa shape index (κ3) is 7.77. The first-order chi connectivity index (χ1) is 22.5. The Morgan fingerprint density at radius 2 is 1.23 bits per heavy atom. The molecule has 2 N–H and O–H groups in total. The van der Waals surface area contributed by atoms with Crippen LogP contribution in [0, 0.1) is 0 Å². The van der Waals surface area contributed by atoms with Crippen LogP contribution < -0.4 is 15.2 Å². The van der Waals surface area contributed by atoms with E-state index < -0.39 is 38.0 Å². The molecule has 0 unspecified atom stereocenters. The first kappa shape index (κ1) is 33.1. The van der Waals surface area contributed by atoms with E-state index >= 15 is 0 Å². The lowest BCUT2D eigenvalue weighted by Crippen LogP contribution is -2.19. The van der Waals surface area contributed by atoms with E-state index in [0.29, 0.717) is 16.3 Å². The summed E-state index contributed by atoms with van der Waals surface area (Å²) >= 11 is 5.82. The van der Waals surface area contributed by atoms with E-state index in [1.807, 2.05) is 0 Å². The fourth-order valence-corrected chi connectivity index (χ4v) is 6.42. The monoisotopic (exact) mass is 700 g/mol. The molecule has 0 spiro atoms. The fraction of sp³-hybridized carbons (Fsp3) is 0.0323. The molecule has 242 valence electrons. The zero-order valence-corrected chi connectivity index (χ0v) is 26.2. The van der Waals surface area contributed by atoms with Crippen molar-refractivity contribution in [1.29, 1.82) is 0 Å². The standard InChI is InChI=1S/C16H12F2N2O3S.C15H11ClN2O4S/c17-16(18)15-14(13(19-23-15)11-7-3-1-4-8-11)20-24(21,22)12-9-5-2-6-10-12;16-11-6-8-12(9-7-11)18-14(10-22-15(18)19)17-23(20,21)13-4-2-1-3-5-13/h1-10,16,20H;1-10,17H. The van der Waals surface area contributed by atoms with E-state index in [4.69, 9.17) is 16.0 Å². The normalized spacial score (nSPS) is 11.5. The van der Waals surface area contributed by atoms with Gasteiger partial charge in [0.25, 0.3) is 26.5 Å². The number of oxazole rings is 1. The highest BCUT2D eigenvalue weighted by Crippen LogP contribution is 2.37. The third-order valence-electron chi connectivity index (χ3n) is 6.33. The number of hydrogen-bond acceptors (Lipinski definition) is 8. The van der Waals surface area contributed by atoms with Gasteiger partial charge in [-0.05, 0) is 48.5 Å². The highest BCUT2D eigenvalue weighted by atomic mass is 35.5. The number of rotatable bonds is 9. The molecule has 0 radical (unpaired) electrons. The lowest BCUT2D eigenvalue weighted by Gasteiger charge is -2.09. The predicted octanol–water partition coefficient (Wildman–Crippen LogP) is 6.96. The Bertz CT molecular complexity index is 2230. The molecule has 11 nitrogen and oxygen atoms in total. The van der Waals surface area contributed by atoms with Gasteiger partial charge in [0.2, 0.25) is 5.76 Å². The van der Waals surface area contributed by atoms with Crippen LogP contribution >= 0.6 is 11.6 Å². The van der Waals surface area contributed by atoms with Crippen molar-refractivity contribution in [3.05, 3.63) is 143 Å². The van der Waals surface area contributed by atoms with Crippen LogP contribution in [-0.2, 0) is 20.0 Å². The minimum atomic E-state index is -4.05. The van der Waals surface area contributed by atoms with Crippen LogP contribution in [0.3, 0.4) is 0 Å². The Balaban J connectivity index is 0.000000185. The summed E-state index contributed by atoms with van der Waals surface area (Å²) in [5.41, 5.74) is 0.531. The van der Waals surface area contributed by atoms with Gasteiger partial charge in [0.05, 0.1) is 15.5 Å². The van der Waals surface area contributed by atoms with Crippen LogP contribution in [0.4, 0.5) is 20.3 Å². The maximum atomic E-state index is 13.2. The molecule has 6 rings (SSSR count). The summed E-state index contributed by atoms with van der Waals surface area (Å²) < 4.78 is 91.0. The Labute approximate surface area is 272 Å². The Morgan fingerprint density at radius 3 is 1.77 bits per heavy atom. The van der Waals surface area contributed by atoms with Crippen LogP contribution in [0.2, 0.25) is 5.02 Å². The van der Waals surface area contributed by atoms with Crippen molar-refractivity contribution in [3.63, 3.8) is 0 Å². The van der Waals surface area contributed by atoms with Crippen LogP contribution in [0.1, 0.15) is 12.2 Å². The molecule has 2 aromatic heterocycles. The van der Waals surface area contributed by atoms with E-state index in [9.17, 15) is 30.4 Å². The zero-order valence-electron chi connectivity index (χ0n) is 23.8. The molecule has 0 bridgehead atoms. The van der Waals surface area contributed by atoms with Crippen molar-refractivity contribution in [1.82, 2.24) is 9.72 Å². The van der Waals surface area contributed by atoms with Gasteiger partial charge >= 0.3 is 5.76 Å². The first-order valence-electron chi connectivity index (χ1n) is 13.4. The quantitative estimate of drug-likeness (QED) is 0.164. The van der Waals surface area contributed by atoms with Crippen LogP contribution in [0.15, 0.2) is 145 Å². The summed E-state index contributed by atoms with van der Waals surface area (Å²) in [5.74, 6) is -1.53. The molecule has 0 saturated carbocycles. The molecule has 4 aromatic carbocycles. The van der Waals surface area contributed by atoms with Crippen molar-refractivity contribution in [2.45, 2.75) is 16.2 Å². The largest absolute Gasteiger partial charge is 0.425 e. The number of sulfonamides is 2. The minimum absolute atomic E-state index is 0.00109. The van der Waals surface area contributed by atoms with Gasteiger partial charge in [0.1, 0.15) is 17.6 Å². The van der Waals surface area contributed by atoms with Gasteiger partial charge in [-0.2, -0.15) is 0 Å². The summed E-state index contributed by atoms with van der Waals surface area (Å²) in [6, 6.07) is 30.0. The fourth-order valence-electron chi connectivity index (χ4n) is 4.15. The number of nitrogens with one attached hydrogen (secondary N) is 2. The van der Waals surface area contributed by atoms with E-state index in [-0.39, 0.29) is 27.0 Å². The summed E-state index contributed by atoms with van der Waals surface area (Å²) in [5, 5.41) is 4.10. The smallest absolute Gasteiger partial charge is 0.414 e. The van der Waals surface area contributed by atoms with Gasteiger partial charge in [0.15, 0.2) is 5.82 Å².